The number of rotatable bonds is 2. The second-order valence-electron chi connectivity index (χ2n) is 7.49. The van der Waals surface area contributed by atoms with E-state index in [4.69, 9.17) is 0 Å². The molecule has 138 valence electrons. The highest BCUT2D eigenvalue weighted by Crippen LogP contribution is 2.44. The van der Waals surface area contributed by atoms with Gasteiger partial charge in [-0.2, -0.15) is 0 Å². The standard InChI is InChI=1S/C25H22N2O/c28-23-16-19(17-9-3-1-4-10-17)15-22-24(23)25(18-11-5-2-6-12-18)27-21-14-8-7-13-20(21)26-22/h1-14,19,25-27H,15-16H2/t19-,25+/m1/s1. The molecule has 28 heavy (non-hydrogen) atoms. The third kappa shape index (κ3) is 2.99. The average molecular weight is 366 g/mol. The summed E-state index contributed by atoms with van der Waals surface area (Å²) in [6.07, 6.45) is 1.39. The maximum absolute atomic E-state index is 13.4. The summed E-state index contributed by atoms with van der Waals surface area (Å²) in [5.74, 6) is 0.429. The fraction of sp³-hybridized carbons (Fsp3) is 0.160. The zero-order chi connectivity index (χ0) is 18.9. The van der Waals surface area contributed by atoms with Crippen LogP contribution in [0.4, 0.5) is 11.4 Å². The van der Waals surface area contributed by atoms with Crippen LogP contribution in [0, 0.1) is 0 Å². The summed E-state index contributed by atoms with van der Waals surface area (Å²) >= 11 is 0. The molecule has 0 unspecified atom stereocenters. The van der Waals surface area contributed by atoms with Crippen LogP contribution in [0.5, 0.6) is 0 Å². The molecule has 1 aliphatic heterocycles. The molecular weight excluding hydrogens is 344 g/mol. The Morgan fingerprint density at radius 1 is 0.679 bits per heavy atom. The molecule has 0 spiro atoms. The molecule has 0 saturated heterocycles. The summed E-state index contributed by atoms with van der Waals surface area (Å²) in [5.41, 5.74) is 6.29. The van der Waals surface area contributed by atoms with Crippen LogP contribution in [-0.2, 0) is 4.79 Å². The summed E-state index contributed by atoms with van der Waals surface area (Å²) in [6, 6.07) is 28.7. The van der Waals surface area contributed by atoms with Crippen LogP contribution < -0.4 is 10.6 Å². The number of hydrogen-bond acceptors (Lipinski definition) is 3. The monoisotopic (exact) mass is 366 g/mol. The van der Waals surface area contributed by atoms with Gasteiger partial charge in [-0.1, -0.05) is 72.8 Å². The van der Waals surface area contributed by atoms with E-state index in [1.54, 1.807) is 0 Å². The summed E-state index contributed by atoms with van der Waals surface area (Å²) in [5, 5.41) is 7.21. The number of hydrogen-bond donors (Lipinski definition) is 2. The number of para-hydroxylation sites is 2. The molecule has 2 atom stereocenters. The van der Waals surface area contributed by atoms with E-state index < -0.39 is 0 Å². The molecular formula is C25H22N2O. The molecule has 5 rings (SSSR count). The summed E-state index contributed by atoms with van der Waals surface area (Å²) < 4.78 is 0. The third-order valence-electron chi connectivity index (χ3n) is 5.71. The van der Waals surface area contributed by atoms with Crippen molar-refractivity contribution >= 4 is 17.2 Å². The fourth-order valence-corrected chi connectivity index (χ4v) is 4.35. The van der Waals surface area contributed by atoms with Crippen molar-refractivity contribution in [1.29, 1.82) is 0 Å². The van der Waals surface area contributed by atoms with Crippen LogP contribution in [0.25, 0.3) is 0 Å². The maximum atomic E-state index is 13.4. The number of allylic oxidation sites excluding steroid dienone is 1. The van der Waals surface area contributed by atoms with E-state index in [1.165, 1.54) is 5.56 Å². The summed E-state index contributed by atoms with van der Waals surface area (Å²) in [4.78, 5) is 13.4. The largest absolute Gasteiger partial charge is 0.372 e. The van der Waals surface area contributed by atoms with Crippen molar-refractivity contribution in [2.24, 2.45) is 0 Å². The molecule has 1 aliphatic carbocycles. The second kappa shape index (κ2) is 7.01. The Labute approximate surface area is 165 Å². The zero-order valence-corrected chi connectivity index (χ0v) is 15.6. The van der Waals surface area contributed by atoms with Crippen LogP contribution in [0.15, 0.2) is 96.2 Å². The van der Waals surface area contributed by atoms with Crippen LogP contribution in [-0.4, -0.2) is 5.78 Å². The number of nitrogens with one attached hydrogen (secondary N) is 2. The van der Waals surface area contributed by atoms with Crippen molar-refractivity contribution in [3.63, 3.8) is 0 Å². The Kier molecular flexibility index (Phi) is 4.21. The molecule has 0 fully saturated rings. The van der Waals surface area contributed by atoms with Gasteiger partial charge in [-0.25, -0.2) is 0 Å². The Hall–Kier alpha value is -3.33. The van der Waals surface area contributed by atoms with Crippen LogP contribution in [0.3, 0.4) is 0 Å². The third-order valence-corrected chi connectivity index (χ3v) is 5.71. The number of fused-ring (bicyclic) bond motifs is 1. The van der Waals surface area contributed by atoms with Gasteiger partial charge in [0.1, 0.15) is 0 Å². The maximum Gasteiger partial charge on any atom is 0.163 e. The smallest absolute Gasteiger partial charge is 0.163 e. The highest BCUT2D eigenvalue weighted by atomic mass is 16.1. The van der Waals surface area contributed by atoms with Gasteiger partial charge in [-0.05, 0) is 35.6 Å². The zero-order valence-electron chi connectivity index (χ0n) is 15.6. The minimum absolute atomic E-state index is 0.142. The summed E-state index contributed by atoms with van der Waals surface area (Å²) in [6.45, 7) is 0. The first-order chi connectivity index (χ1) is 13.8. The number of carbonyl (C=O) groups excluding carboxylic acids is 1. The lowest BCUT2D eigenvalue weighted by atomic mass is 9.78. The molecule has 2 aliphatic rings. The van der Waals surface area contributed by atoms with Crippen molar-refractivity contribution in [1.82, 2.24) is 0 Å². The number of Topliss-reactive ketones (excluding diaryl/α,β-unsaturated/α-hetero) is 1. The number of ketones is 1. The molecule has 3 aromatic rings. The van der Waals surface area contributed by atoms with E-state index >= 15 is 0 Å². The predicted octanol–water partition coefficient (Wildman–Crippen LogP) is 5.67. The highest BCUT2D eigenvalue weighted by molar-refractivity contribution is 6.01. The van der Waals surface area contributed by atoms with Gasteiger partial charge in [-0.3, -0.25) is 4.79 Å². The minimum atomic E-state index is -0.142. The number of benzene rings is 3. The lowest BCUT2D eigenvalue weighted by Gasteiger charge is -2.30. The van der Waals surface area contributed by atoms with E-state index in [-0.39, 0.29) is 17.7 Å². The van der Waals surface area contributed by atoms with Gasteiger partial charge in [0.05, 0.1) is 17.4 Å². The van der Waals surface area contributed by atoms with Crippen molar-refractivity contribution in [3.05, 3.63) is 107 Å². The van der Waals surface area contributed by atoms with Crippen LogP contribution >= 0.6 is 0 Å². The quantitative estimate of drug-likeness (QED) is 0.614. The molecule has 0 saturated carbocycles. The van der Waals surface area contributed by atoms with Gasteiger partial charge in [0.2, 0.25) is 0 Å². The first kappa shape index (κ1) is 16.8. The van der Waals surface area contributed by atoms with Gasteiger partial charge in [0.15, 0.2) is 5.78 Å². The molecule has 0 aromatic heterocycles. The Morgan fingerprint density at radius 2 is 1.29 bits per heavy atom. The second-order valence-corrected chi connectivity index (χ2v) is 7.49. The van der Waals surface area contributed by atoms with Gasteiger partial charge < -0.3 is 10.6 Å². The van der Waals surface area contributed by atoms with Crippen molar-refractivity contribution in [3.8, 4) is 0 Å². The van der Waals surface area contributed by atoms with Gasteiger partial charge >= 0.3 is 0 Å². The van der Waals surface area contributed by atoms with Gasteiger partial charge in [-0.15, -0.1) is 0 Å². The molecule has 0 radical (unpaired) electrons. The molecule has 3 nitrogen and oxygen atoms in total. The number of carbonyl (C=O) groups is 1. The first-order valence-electron chi connectivity index (χ1n) is 9.78. The molecule has 3 aromatic carbocycles. The molecule has 3 heteroatoms. The van der Waals surface area contributed by atoms with Crippen LogP contribution in [0.1, 0.15) is 35.9 Å². The van der Waals surface area contributed by atoms with Crippen molar-refractivity contribution in [2.75, 3.05) is 10.6 Å². The van der Waals surface area contributed by atoms with E-state index in [0.29, 0.717) is 6.42 Å². The SMILES string of the molecule is O=C1C[C@H](c2ccccc2)CC2=C1[C@H](c1ccccc1)Nc1ccccc1N2. The van der Waals surface area contributed by atoms with Gasteiger partial charge in [0, 0.05) is 17.7 Å². The first-order valence-corrected chi connectivity index (χ1v) is 9.78. The van der Waals surface area contributed by atoms with Crippen molar-refractivity contribution < 1.29 is 4.79 Å². The summed E-state index contributed by atoms with van der Waals surface area (Å²) in [7, 11) is 0. The van der Waals surface area contributed by atoms with E-state index in [2.05, 4.69) is 47.0 Å². The Morgan fingerprint density at radius 3 is 2.00 bits per heavy atom. The lowest BCUT2D eigenvalue weighted by Crippen LogP contribution is -2.26. The minimum Gasteiger partial charge on any atom is -0.372 e. The predicted molar refractivity (Wildman–Crippen MR) is 113 cm³/mol. The molecule has 2 N–H and O–H groups in total. The van der Waals surface area contributed by atoms with E-state index in [9.17, 15) is 4.79 Å². The molecule has 1 heterocycles. The van der Waals surface area contributed by atoms with Gasteiger partial charge in [0.25, 0.3) is 0 Å². The Balaban J connectivity index is 1.62. The fourth-order valence-electron chi connectivity index (χ4n) is 4.35. The normalized spacial score (nSPS) is 21.1. The van der Waals surface area contributed by atoms with E-state index in [1.807, 2.05) is 48.5 Å². The average Bonchev–Trinajstić information content (AvgIpc) is 2.92. The lowest BCUT2D eigenvalue weighted by molar-refractivity contribution is -0.116. The number of anilines is 2. The van der Waals surface area contributed by atoms with Crippen LogP contribution in [0.2, 0.25) is 0 Å². The topological polar surface area (TPSA) is 41.1 Å². The van der Waals surface area contributed by atoms with E-state index in [0.717, 1.165) is 34.6 Å². The highest BCUT2D eigenvalue weighted by Gasteiger charge is 2.35. The molecule has 0 bridgehead atoms. The molecule has 0 amide bonds. The Bertz CT molecular complexity index is 1040. The van der Waals surface area contributed by atoms with Crippen molar-refractivity contribution in [2.45, 2.75) is 24.8 Å².